The highest BCUT2D eigenvalue weighted by Crippen LogP contribution is 2.37. The molecule has 2 amide bonds. The molecule has 3 N–H and O–H groups in total. The minimum Gasteiger partial charge on any atom is -0.374 e. The molecule has 12 heteroatoms. The smallest absolute Gasteiger partial charge is 0.258 e. The third-order valence-electron chi connectivity index (χ3n) is 6.77. The molecular formula is C25H25Cl2FN6O3. The van der Waals surface area contributed by atoms with E-state index in [0.29, 0.717) is 47.4 Å². The number of anilines is 1. The van der Waals surface area contributed by atoms with Gasteiger partial charge in [0, 0.05) is 29.7 Å². The zero-order chi connectivity index (χ0) is 26.3. The van der Waals surface area contributed by atoms with Crippen molar-refractivity contribution < 1.29 is 14.0 Å². The first-order valence-electron chi connectivity index (χ1n) is 11.9. The number of amides is 2. The largest absolute Gasteiger partial charge is 0.374 e. The number of benzene rings is 2. The summed E-state index contributed by atoms with van der Waals surface area (Å²) < 4.78 is 14.8. The third kappa shape index (κ3) is 5.27. The molecule has 5 rings (SSSR count). The van der Waals surface area contributed by atoms with E-state index >= 15 is 0 Å². The molecule has 37 heavy (non-hydrogen) atoms. The lowest BCUT2D eigenvalue weighted by molar-refractivity contribution is -0.131. The second kappa shape index (κ2) is 10.3. The summed E-state index contributed by atoms with van der Waals surface area (Å²) in [4.78, 5) is 48.0. The highest BCUT2D eigenvalue weighted by Gasteiger charge is 2.29. The van der Waals surface area contributed by atoms with Crippen LogP contribution < -0.4 is 16.2 Å². The van der Waals surface area contributed by atoms with Gasteiger partial charge in [-0.3, -0.25) is 19.3 Å². The molecule has 2 aliphatic rings. The van der Waals surface area contributed by atoms with Crippen molar-refractivity contribution in [2.75, 3.05) is 38.0 Å². The van der Waals surface area contributed by atoms with Crippen molar-refractivity contribution in [1.82, 2.24) is 25.1 Å². The SMILES string of the molecule is CC1c2c(Cl)cc(Cl)cc2CCN1C(=O)CNc1cc2nc(CN3CCNC(=O)C3)[nH]c(=O)c2cc1F. The Balaban J connectivity index is 1.32. The number of piperazine rings is 1. The van der Waals surface area contributed by atoms with Crippen LogP contribution in [-0.4, -0.2) is 64.3 Å². The molecule has 194 valence electrons. The van der Waals surface area contributed by atoms with Gasteiger partial charge in [0.1, 0.15) is 11.6 Å². The summed E-state index contributed by atoms with van der Waals surface area (Å²) in [7, 11) is 0. The zero-order valence-corrected chi connectivity index (χ0v) is 21.5. The van der Waals surface area contributed by atoms with E-state index in [2.05, 4.69) is 20.6 Å². The van der Waals surface area contributed by atoms with Crippen LogP contribution >= 0.6 is 23.2 Å². The average Bonchev–Trinajstić information content (AvgIpc) is 2.83. The summed E-state index contributed by atoms with van der Waals surface area (Å²) in [5.41, 5.74) is 1.77. The van der Waals surface area contributed by atoms with Crippen LogP contribution in [-0.2, 0) is 22.6 Å². The fourth-order valence-electron chi connectivity index (χ4n) is 4.97. The van der Waals surface area contributed by atoms with E-state index in [4.69, 9.17) is 23.2 Å². The van der Waals surface area contributed by atoms with Gasteiger partial charge in [0.15, 0.2) is 0 Å². The normalized spacial score (nSPS) is 18.0. The van der Waals surface area contributed by atoms with E-state index in [1.165, 1.54) is 6.07 Å². The molecule has 1 atom stereocenters. The number of hydrogen-bond donors (Lipinski definition) is 3. The van der Waals surface area contributed by atoms with Crippen molar-refractivity contribution >= 4 is 51.6 Å². The first-order chi connectivity index (χ1) is 17.7. The van der Waals surface area contributed by atoms with Gasteiger partial charge in [0.05, 0.1) is 42.3 Å². The molecule has 9 nitrogen and oxygen atoms in total. The second-order valence-corrected chi connectivity index (χ2v) is 10.1. The minimum absolute atomic E-state index is 0.0668. The number of nitrogens with one attached hydrogen (secondary N) is 3. The number of hydrogen-bond acceptors (Lipinski definition) is 6. The Morgan fingerprint density at radius 3 is 2.81 bits per heavy atom. The summed E-state index contributed by atoms with van der Waals surface area (Å²) in [5.74, 6) is -0.599. The van der Waals surface area contributed by atoms with Gasteiger partial charge in [0.25, 0.3) is 5.56 Å². The molecule has 0 aliphatic carbocycles. The van der Waals surface area contributed by atoms with Crippen molar-refractivity contribution in [1.29, 1.82) is 0 Å². The molecule has 2 aromatic carbocycles. The number of H-pyrrole nitrogens is 1. The molecule has 1 fully saturated rings. The molecule has 0 radical (unpaired) electrons. The molecule has 3 heterocycles. The molecule has 0 spiro atoms. The molecule has 1 saturated heterocycles. The van der Waals surface area contributed by atoms with Crippen LogP contribution in [0.3, 0.4) is 0 Å². The van der Waals surface area contributed by atoms with Crippen LogP contribution in [0.15, 0.2) is 29.1 Å². The number of rotatable bonds is 5. The van der Waals surface area contributed by atoms with E-state index in [9.17, 15) is 18.8 Å². The van der Waals surface area contributed by atoms with Gasteiger partial charge in [-0.05, 0) is 48.7 Å². The maximum absolute atomic E-state index is 14.8. The minimum atomic E-state index is -0.664. The maximum atomic E-state index is 14.8. The summed E-state index contributed by atoms with van der Waals surface area (Å²) in [6.45, 7) is 3.87. The van der Waals surface area contributed by atoms with Gasteiger partial charge in [-0.1, -0.05) is 23.2 Å². The first kappa shape index (κ1) is 25.4. The quantitative estimate of drug-likeness (QED) is 0.453. The van der Waals surface area contributed by atoms with Gasteiger partial charge < -0.3 is 20.5 Å². The Kier molecular flexibility index (Phi) is 7.06. The molecule has 2 aliphatic heterocycles. The Morgan fingerprint density at radius 1 is 1.22 bits per heavy atom. The van der Waals surface area contributed by atoms with E-state index in [1.54, 1.807) is 11.0 Å². The lowest BCUT2D eigenvalue weighted by Crippen LogP contribution is -2.47. The van der Waals surface area contributed by atoms with E-state index < -0.39 is 11.4 Å². The maximum Gasteiger partial charge on any atom is 0.258 e. The molecule has 1 aromatic heterocycles. The number of aromatic nitrogens is 2. The van der Waals surface area contributed by atoms with Crippen molar-refractivity contribution in [2.24, 2.45) is 0 Å². The number of halogens is 3. The second-order valence-electron chi connectivity index (χ2n) is 9.25. The summed E-state index contributed by atoms with van der Waals surface area (Å²) >= 11 is 12.5. The number of carbonyl (C=O) groups excluding carboxylic acids is 2. The van der Waals surface area contributed by atoms with Crippen LogP contribution in [0.2, 0.25) is 10.0 Å². The van der Waals surface area contributed by atoms with Gasteiger partial charge in [0.2, 0.25) is 11.8 Å². The Labute approximate surface area is 221 Å². The van der Waals surface area contributed by atoms with E-state index in [-0.39, 0.29) is 48.6 Å². The molecule has 0 bridgehead atoms. The van der Waals surface area contributed by atoms with E-state index in [0.717, 1.165) is 17.2 Å². The van der Waals surface area contributed by atoms with Crippen LogP contribution in [0.25, 0.3) is 10.9 Å². The lowest BCUT2D eigenvalue weighted by atomic mass is 9.93. The summed E-state index contributed by atoms with van der Waals surface area (Å²) in [5, 5.41) is 6.78. The van der Waals surface area contributed by atoms with Crippen LogP contribution in [0, 0.1) is 5.82 Å². The Morgan fingerprint density at radius 2 is 2.03 bits per heavy atom. The Bertz CT molecular complexity index is 1460. The zero-order valence-electron chi connectivity index (χ0n) is 20.0. The number of aromatic amines is 1. The van der Waals surface area contributed by atoms with Crippen molar-refractivity contribution in [3.05, 3.63) is 67.4 Å². The molecular weight excluding hydrogens is 522 g/mol. The Hall–Kier alpha value is -3.21. The molecule has 1 unspecified atom stereocenters. The lowest BCUT2D eigenvalue weighted by Gasteiger charge is -2.36. The third-order valence-corrected chi connectivity index (χ3v) is 7.30. The first-order valence-corrected chi connectivity index (χ1v) is 12.7. The predicted molar refractivity (Wildman–Crippen MR) is 139 cm³/mol. The van der Waals surface area contributed by atoms with Crippen molar-refractivity contribution in [2.45, 2.75) is 25.9 Å². The average molecular weight is 547 g/mol. The standard InChI is InChI=1S/C25H25Cl2FN6O3/c1-13-24-14(6-15(26)7-17(24)27)2-4-34(13)23(36)10-30-20-9-19-16(8-18(20)28)25(37)32-21(31-19)11-33-5-3-29-22(35)12-33/h6-9,13,30H,2-5,10-12H2,1H3,(H,29,35)(H,31,32,37). The summed E-state index contributed by atoms with van der Waals surface area (Å²) in [6.07, 6.45) is 0.615. The predicted octanol–water partition coefficient (Wildman–Crippen LogP) is 2.86. The van der Waals surface area contributed by atoms with Crippen LogP contribution in [0.4, 0.5) is 10.1 Å². The van der Waals surface area contributed by atoms with Gasteiger partial charge >= 0.3 is 0 Å². The van der Waals surface area contributed by atoms with Crippen LogP contribution in [0.1, 0.15) is 29.9 Å². The van der Waals surface area contributed by atoms with Gasteiger partial charge in [-0.15, -0.1) is 0 Å². The van der Waals surface area contributed by atoms with Crippen LogP contribution in [0.5, 0.6) is 0 Å². The highest BCUT2D eigenvalue weighted by molar-refractivity contribution is 6.35. The number of fused-ring (bicyclic) bond motifs is 2. The monoisotopic (exact) mass is 546 g/mol. The van der Waals surface area contributed by atoms with Crippen molar-refractivity contribution in [3.8, 4) is 0 Å². The summed E-state index contributed by atoms with van der Waals surface area (Å²) in [6, 6.07) is 5.80. The fourth-order valence-corrected chi connectivity index (χ4v) is 5.67. The highest BCUT2D eigenvalue weighted by atomic mass is 35.5. The fraction of sp³-hybridized carbons (Fsp3) is 0.360. The molecule has 3 aromatic rings. The topological polar surface area (TPSA) is 110 Å². The van der Waals surface area contributed by atoms with Gasteiger partial charge in [-0.25, -0.2) is 9.37 Å². The van der Waals surface area contributed by atoms with E-state index in [1.807, 2.05) is 17.9 Å². The van der Waals surface area contributed by atoms with Crippen molar-refractivity contribution in [3.63, 3.8) is 0 Å². The number of nitrogens with zero attached hydrogens (tertiary/aromatic N) is 3. The number of carbonyl (C=O) groups is 2. The van der Waals surface area contributed by atoms with Gasteiger partial charge in [-0.2, -0.15) is 0 Å². The molecule has 0 saturated carbocycles.